The number of carbonyl (C=O) groups is 1. The average molecular weight is 376 g/mol. The minimum Gasteiger partial charge on any atom is -0.352 e. The number of imidazole rings is 1. The highest BCUT2D eigenvalue weighted by Gasteiger charge is 2.10. The van der Waals surface area contributed by atoms with Crippen molar-refractivity contribution in [3.05, 3.63) is 78.1 Å². The number of fused-ring (bicyclic) bond motifs is 1. The number of aromatic nitrogens is 2. The molecule has 0 radical (unpaired) electrons. The highest BCUT2D eigenvalue weighted by Crippen LogP contribution is 2.19. The number of benzene rings is 2. The Balaban J connectivity index is 1.57. The van der Waals surface area contributed by atoms with Crippen molar-refractivity contribution in [2.75, 3.05) is 6.54 Å². The maximum atomic E-state index is 11.5. The SMILES string of the molecule is C=C(C)C(=O)NCCCCCc1nc2ccccc2n1CCc1ccccc1. The van der Waals surface area contributed by atoms with E-state index in [4.69, 9.17) is 4.98 Å². The van der Waals surface area contributed by atoms with Crippen LogP contribution in [-0.2, 0) is 24.2 Å². The molecule has 0 fully saturated rings. The monoisotopic (exact) mass is 375 g/mol. The second kappa shape index (κ2) is 9.88. The molecule has 0 aliphatic rings. The first kappa shape index (κ1) is 19.9. The van der Waals surface area contributed by atoms with E-state index in [9.17, 15) is 4.79 Å². The molecule has 0 spiro atoms. The molecule has 4 heteroatoms. The zero-order valence-electron chi connectivity index (χ0n) is 16.7. The van der Waals surface area contributed by atoms with Crippen LogP contribution >= 0.6 is 0 Å². The third kappa shape index (κ3) is 5.32. The third-order valence-electron chi connectivity index (χ3n) is 4.95. The molecule has 2 aromatic carbocycles. The zero-order valence-corrected chi connectivity index (χ0v) is 16.7. The van der Waals surface area contributed by atoms with E-state index in [-0.39, 0.29) is 5.91 Å². The summed E-state index contributed by atoms with van der Waals surface area (Å²) >= 11 is 0. The maximum Gasteiger partial charge on any atom is 0.246 e. The molecule has 28 heavy (non-hydrogen) atoms. The summed E-state index contributed by atoms with van der Waals surface area (Å²) in [7, 11) is 0. The van der Waals surface area contributed by atoms with Gasteiger partial charge in [0.25, 0.3) is 0 Å². The van der Waals surface area contributed by atoms with E-state index in [0.717, 1.165) is 50.0 Å². The van der Waals surface area contributed by atoms with Gasteiger partial charge in [0.2, 0.25) is 5.91 Å². The predicted molar refractivity (Wildman–Crippen MR) is 115 cm³/mol. The molecule has 0 atom stereocenters. The largest absolute Gasteiger partial charge is 0.352 e. The number of nitrogens with one attached hydrogen (secondary N) is 1. The Kier molecular flexibility index (Phi) is 7.01. The smallest absolute Gasteiger partial charge is 0.246 e. The zero-order chi connectivity index (χ0) is 19.8. The van der Waals surface area contributed by atoms with Crippen molar-refractivity contribution in [1.29, 1.82) is 0 Å². The van der Waals surface area contributed by atoms with Crippen molar-refractivity contribution in [2.45, 2.75) is 45.6 Å². The van der Waals surface area contributed by atoms with Crippen LogP contribution in [0.4, 0.5) is 0 Å². The number of unbranched alkanes of at least 4 members (excludes halogenated alkanes) is 2. The topological polar surface area (TPSA) is 46.9 Å². The fourth-order valence-corrected chi connectivity index (χ4v) is 3.39. The van der Waals surface area contributed by atoms with E-state index in [1.807, 2.05) is 6.07 Å². The van der Waals surface area contributed by atoms with Crippen molar-refractivity contribution >= 4 is 16.9 Å². The number of aryl methyl sites for hydroxylation is 3. The minimum absolute atomic E-state index is 0.0531. The normalized spacial score (nSPS) is 10.9. The standard InChI is InChI=1S/C24H29N3O/c1-19(2)24(28)25-17-10-4-7-15-23-26-21-13-8-9-14-22(21)27(23)18-16-20-11-5-3-6-12-20/h3,5-6,8-9,11-14H,1,4,7,10,15-18H2,2H3,(H,25,28). The Morgan fingerprint density at radius 3 is 2.54 bits per heavy atom. The number of amides is 1. The van der Waals surface area contributed by atoms with E-state index in [1.54, 1.807) is 6.92 Å². The van der Waals surface area contributed by atoms with Gasteiger partial charge in [0, 0.05) is 25.1 Å². The highest BCUT2D eigenvalue weighted by molar-refractivity contribution is 5.92. The van der Waals surface area contributed by atoms with Crippen molar-refractivity contribution in [2.24, 2.45) is 0 Å². The van der Waals surface area contributed by atoms with Gasteiger partial charge in [0.05, 0.1) is 11.0 Å². The number of nitrogens with zero attached hydrogens (tertiary/aromatic N) is 2. The van der Waals surface area contributed by atoms with Gasteiger partial charge in [0.15, 0.2) is 0 Å². The second-order valence-corrected chi connectivity index (χ2v) is 7.25. The second-order valence-electron chi connectivity index (χ2n) is 7.25. The number of rotatable bonds is 10. The number of carbonyl (C=O) groups excluding carboxylic acids is 1. The quantitative estimate of drug-likeness (QED) is 0.413. The third-order valence-corrected chi connectivity index (χ3v) is 4.95. The lowest BCUT2D eigenvalue weighted by atomic mass is 10.1. The molecule has 1 amide bonds. The molecule has 1 N–H and O–H groups in total. The molecule has 0 aliphatic carbocycles. The molecule has 0 saturated heterocycles. The highest BCUT2D eigenvalue weighted by atomic mass is 16.1. The van der Waals surface area contributed by atoms with Crippen molar-refractivity contribution < 1.29 is 4.79 Å². The Hall–Kier alpha value is -2.88. The summed E-state index contributed by atoms with van der Waals surface area (Å²) in [4.78, 5) is 16.4. The summed E-state index contributed by atoms with van der Waals surface area (Å²) in [5, 5.41) is 2.89. The van der Waals surface area contributed by atoms with E-state index in [1.165, 1.54) is 11.1 Å². The maximum absolute atomic E-state index is 11.5. The summed E-state index contributed by atoms with van der Waals surface area (Å²) < 4.78 is 2.37. The van der Waals surface area contributed by atoms with E-state index in [0.29, 0.717) is 12.1 Å². The first-order valence-electron chi connectivity index (χ1n) is 10.1. The molecular formula is C24H29N3O. The first-order valence-corrected chi connectivity index (χ1v) is 10.1. The van der Waals surface area contributed by atoms with Crippen molar-refractivity contribution in [1.82, 2.24) is 14.9 Å². The van der Waals surface area contributed by atoms with E-state index in [2.05, 4.69) is 65.0 Å². The van der Waals surface area contributed by atoms with Crippen LogP contribution in [0, 0.1) is 0 Å². The molecule has 146 valence electrons. The van der Waals surface area contributed by atoms with Crippen LogP contribution in [0.2, 0.25) is 0 Å². The predicted octanol–water partition coefficient (Wildman–Crippen LogP) is 4.68. The van der Waals surface area contributed by atoms with Crippen LogP contribution in [0.25, 0.3) is 11.0 Å². The number of hydrogen-bond donors (Lipinski definition) is 1. The molecule has 3 rings (SSSR count). The summed E-state index contributed by atoms with van der Waals surface area (Å²) in [6, 6.07) is 19.0. The Morgan fingerprint density at radius 2 is 1.75 bits per heavy atom. The summed E-state index contributed by atoms with van der Waals surface area (Å²) in [6.07, 6.45) is 5.07. The summed E-state index contributed by atoms with van der Waals surface area (Å²) in [5.74, 6) is 1.10. The molecular weight excluding hydrogens is 346 g/mol. The van der Waals surface area contributed by atoms with Crippen LogP contribution in [-0.4, -0.2) is 22.0 Å². The van der Waals surface area contributed by atoms with Gasteiger partial charge in [-0.1, -0.05) is 55.5 Å². The summed E-state index contributed by atoms with van der Waals surface area (Å²) in [6.45, 7) is 7.03. The molecule has 0 unspecified atom stereocenters. The van der Waals surface area contributed by atoms with Gasteiger partial charge in [0.1, 0.15) is 5.82 Å². The fraction of sp³-hybridized carbons (Fsp3) is 0.333. The molecule has 0 saturated carbocycles. The molecule has 3 aromatic rings. The number of hydrogen-bond acceptors (Lipinski definition) is 2. The Morgan fingerprint density at radius 1 is 1.00 bits per heavy atom. The van der Waals surface area contributed by atoms with Crippen LogP contribution < -0.4 is 5.32 Å². The Labute approximate surface area is 167 Å². The van der Waals surface area contributed by atoms with Crippen LogP contribution in [0.15, 0.2) is 66.7 Å². The summed E-state index contributed by atoms with van der Waals surface area (Å²) in [5.41, 5.74) is 4.19. The lowest BCUT2D eigenvalue weighted by Crippen LogP contribution is -2.24. The van der Waals surface area contributed by atoms with Crippen molar-refractivity contribution in [3.63, 3.8) is 0 Å². The Bertz CT molecular complexity index is 927. The van der Waals surface area contributed by atoms with Gasteiger partial charge in [-0.05, 0) is 43.9 Å². The van der Waals surface area contributed by atoms with Crippen LogP contribution in [0.3, 0.4) is 0 Å². The van der Waals surface area contributed by atoms with Gasteiger partial charge in [-0.25, -0.2) is 4.98 Å². The lowest BCUT2D eigenvalue weighted by Gasteiger charge is -2.10. The average Bonchev–Trinajstić information content (AvgIpc) is 3.07. The van der Waals surface area contributed by atoms with Gasteiger partial charge >= 0.3 is 0 Å². The van der Waals surface area contributed by atoms with Crippen LogP contribution in [0.5, 0.6) is 0 Å². The molecule has 4 nitrogen and oxygen atoms in total. The van der Waals surface area contributed by atoms with E-state index < -0.39 is 0 Å². The van der Waals surface area contributed by atoms with Crippen molar-refractivity contribution in [3.8, 4) is 0 Å². The fourth-order valence-electron chi connectivity index (χ4n) is 3.39. The van der Waals surface area contributed by atoms with E-state index >= 15 is 0 Å². The molecule has 0 aliphatic heterocycles. The van der Waals surface area contributed by atoms with Gasteiger partial charge in [-0.3, -0.25) is 4.79 Å². The van der Waals surface area contributed by atoms with Gasteiger partial charge < -0.3 is 9.88 Å². The molecule has 0 bridgehead atoms. The van der Waals surface area contributed by atoms with Gasteiger partial charge in [-0.2, -0.15) is 0 Å². The minimum atomic E-state index is -0.0531. The first-order chi connectivity index (χ1) is 13.6. The number of para-hydroxylation sites is 2. The lowest BCUT2D eigenvalue weighted by molar-refractivity contribution is -0.117. The molecule has 1 aromatic heterocycles. The molecule has 1 heterocycles. The van der Waals surface area contributed by atoms with Gasteiger partial charge in [-0.15, -0.1) is 0 Å². The van der Waals surface area contributed by atoms with Crippen LogP contribution in [0.1, 0.15) is 37.6 Å².